The van der Waals surface area contributed by atoms with E-state index in [1.54, 1.807) is 18.6 Å². The second kappa shape index (κ2) is 6.17. The fourth-order valence-corrected chi connectivity index (χ4v) is 3.36. The van der Waals surface area contributed by atoms with Crippen molar-refractivity contribution in [2.75, 3.05) is 0 Å². The lowest BCUT2D eigenvalue weighted by Gasteiger charge is -2.04. The molecule has 5 rings (SSSR count). The first-order chi connectivity index (χ1) is 13.2. The zero-order valence-corrected chi connectivity index (χ0v) is 14.8. The van der Waals surface area contributed by atoms with E-state index in [9.17, 15) is 4.39 Å². The summed E-state index contributed by atoms with van der Waals surface area (Å²) in [5.74, 6) is 0.468. The second-order valence-corrected chi connectivity index (χ2v) is 6.68. The van der Waals surface area contributed by atoms with Crippen LogP contribution in [0.25, 0.3) is 27.9 Å². The Hall–Kier alpha value is -3.25. The van der Waals surface area contributed by atoms with E-state index in [4.69, 9.17) is 11.6 Å². The highest BCUT2D eigenvalue weighted by molar-refractivity contribution is 6.30. The van der Waals surface area contributed by atoms with Crippen LogP contribution < -0.4 is 0 Å². The SMILES string of the molecule is Fc1ccn2c(Cc3nc4ccncc4[nH]3)c(-c3ccc(Cl)cc3)nc2c1. The average Bonchev–Trinajstić information content (AvgIpc) is 3.23. The Morgan fingerprint density at radius 2 is 1.93 bits per heavy atom. The van der Waals surface area contributed by atoms with Crippen molar-refractivity contribution >= 4 is 28.3 Å². The van der Waals surface area contributed by atoms with Gasteiger partial charge in [-0.2, -0.15) is 0 Å². The normalized spacial score (nSPS) is 11.5. The van der Waals surface area contributed by atoms with Crippen LogP contribution in [0.5, 0.6) is 0 Å². The summed E-state index contributed by atoms with van der Waals surface area (Å²) in [6.07, 6.45) is 5.66. The molecule has 1 aromatic carbocycles. The quantitative estimate of drug-likeness (QED) is 0.497. The minimum Gasteiger partial charge on any atom is -0.340 e. The lowest BCUT2D eigenvalue weighted by Crippen LogP contribution is -1.98. The molecule has 0 radical (unpaired) electrons. The van der Waals surface area contributed by atoms with Crippen LogP contribution in [0.1, 0.15) is 11.5 Å². The standard InChI is InChI=1S/C20H13ClFN5/c21-13-3-1-12(2-4-13)20-17(27-8-6-14(22)9-19(27)26-20)10-18-24-15-5-7-23-11-16(15)25-18/h1-9,11H,10H2,(H,24,25). The molecule has 5 nitrogen and oxygen atoms in total. The van der Waals surface area contributed by atoms with Crippen LogP contribution in [-0.2, 0) is 6.42 Å². The largest absolute Gasteiger partial charge is 0.340 e. The molecule has 0 saturated carbocycles. The first-order valence-corrected chi connectivity index (χ1v) is 8.76. The molecule has 132 valence electrons. The number of aromatic amines is 1. The molecule has 27 heavy (non-hydrogen) atoms. The van der Waals surface area contributed by atoms with E-state index in [1.165, 1.54) is 12.1 Å². The zero-order chi connectivity index (χ0) is 18.4. The van der Waals surface area contributed by atoms with E-state index in [1.807, 2.05) is 34.7 Å². The predicted octanol–water partition coefficient (Wildman–Crippen LogP) is 4.66. The van der Waals surface area contributed by atoms with Gasteiger partial charge in [-0.1, -0.05) is 23.7 Å². The molecule has 5 aromatic rings. The Labute approximate surface area is 158 Å². The number of imidazole rings is 2. The molecule has 0 aliphatic rings. The molecule has 0 unspecified atom stereocenters. The molecular formula is C20H13ClFN5. The molecule has 0 saturated heterocycles. The van der Waals surface area contributed by atoms with Crippen molar-refractivity contribution < 1.29 is 4.39 Å². The van der Waals surface area contributed by atoms with Crippen LogP contribution in [0.15, 0.2) is 61.1 Å². The maximum Gasteiger partial charge on any atom is 0.140 e. The summed E-state index contributed by atoms with van der Waals surface area (Å²) in [5, 5.41) is 0.653. The molecule has 1 N–H and O–H groups in total. The van der Waals surface area contributed by atoms with Crippen molar-refractivity contribution in [1.82, 2.24) is 24.3 Å². The number of fused-ring (bicyclic) bond motifs is 2. The Balaban J connectivity index is 1.68. The average molecular weight is 378 g/mol. The van der Waals surface area contributed by atoms with Crippen molar-refractivity contribution in [3.8, 4) is 11.3 Å². The molecule has 0 atom stereocenters. The van der Waals surface area contributed by atoms with E-state index in [0.29, 0.717) is 17.1 Å². The van der Waals surface area contributed by atoms with E-state index in [-0.39, 0.29) is 5.82 Å². The Kier molecular flexibility index (Phi) is 3.65. The number of halogens is 2. The van der Waals surface area contributed by atoms with E-state index in [0.717, 1.165) is 33.8 Å². The lowest BCUT2D eigenvalue weighted by molar-refractivity contribution is 0.626. The Morgan fingerprint density at radius 3 is 2.74 bits per heavy atom. The van der Waals surface area contributed by atoms with Gasteiger partial charge in [0.15, 0.2) is 0 Å². The lowest BCUT2D eigenvalue weighted by atomic mass is 10.1. The van der Waals surface area contributed by atoms with Crippen molar-refractivity contribution in [3.05, 3.63) is 83.4 Å². The fourth-order valence-electron chi connectivity index (χ4n) is 3.23. The number of rotatable bonds is 3. The van der Waals surface area contributed by atoms with Crippen molar-refractivity contribution in [2.45, 2.75) is 6.42 Å². The number of benzene rings is 1. The summed E-state index contributed by atoms with van der Waals surface area (Å²) in [6, 6.07) is 12.2. The van der Waals surface area contributed by atoms with Crippen molar-refractivity contribution in [3.63, 3.8) is 0 Å². The first kappa shape index (κ1) is 16.0. The number of H-pyrrole nitrogens is 1. The van der Waals surface area contributed by atoms with Gasteiger partial charge in [0.25, 0.3) is 0 Å². The number of nitrogens with zero attached hydrogens (tertiary/aromatic N) is 4. The third-order valence-corrected chi connectivity index (χ3v) is 4.72. The highest BCUT2D eigenvalue weighted by Crippen LogP contribution is 2.28. The summed E-state index contributed by atoms with van der Waals surface area (Å²) < 4.78 is 15.6. The number of aromatic nitrogens is 5. The van der Waals surface area contributed by atoms with Gasteiger partial charge in [-0.05, 0) is 24.3 Å². The zero-order valence-electron chi connectivity index (χ0n) is 14.0. The van der Waals surface area contributed by atoms with E-state index >= 15 is 0 Å². The summed E-state index contributed by atoms with van der Waals surface area (Å²) in [6.45, 7) is 0. The van der Waals surface area contributed by atoms with Gasteiger partial charge < -0.3 is 9.38 Å². The van der Waals surface area contributed by atoms with Gasteiger partial charge in [0.1, 0.15) is 17.3 Å². The van der Waals surface area contributed by atoms with Crippen molar-refractivity contribution in [1.29, 1.82) is 0 Å². The maximum atomic E-state index is 13.7. The van der Waals surface area contributed by atoms with Crippen LogP contribution in [0.4, 0.5) is 4.39 Å². The highest BCUT2D eigenvalue weighted by atomic mass is 35.5. The van der Waals surface area contributed by atoms with Gasteiger partial charge in [0.05, 0.1) is 28.6 Å². The molecule has 0 spiro atoms. The third-order valence-electron chi connectivity index (χ3n) is 4.47. The molecular weight excluding hydrogens is 365 g/mol. The van der Waals surface area contributed by atoms with Gasteiger partial charge in [0.2, 0.25) is 0 Å². The van der Waals surface area contributed by atoms with Gasteiger partial charge in [0, 0.05) is 35.5 Å². The molecule has 0 amide bonds. The molecule has 7 heteroatoms. The summed E-state index contributed by atoms with van der Waals surface area (Å²) in [5.41, 5.74) is 4.88. The van der Waals surface area contributed by atoms with Crippen LogP contribution in [-0.4, -0.2) is 24.3 Å². The van der Waals surface area contributed by atoms with Crippen molar-refractivity contribution in [2.24, 2.45) is 0 Å². The van der Waals surface area contributed by atoms with Crippen LogP contribution >= 0.6 is 11.6 Å². The van der Waals surface area contributed by atoms with Crippen LogP contribution in [0, 0.1) is 5.82 Å². The molecule has 0 aliphatic carbocycles. The van der Waals surface area contributed by atoms with E-state index in [2.05, 4.69) is 19.9 Å². The van der Waals surface area contributed by atoms with Gasteiger partial charge in [-0.3, -0.25) is 4.98 Å². The number of pyridine rings is 2. The van der Waals surface area contributed by atoms with Gasteiger partial charge in [-0.25, -0.2) is 14.4 Å². The monoisotopic (exact) mass is 377 g/mol. The topological polar surface area (TPSA) is 58.9 Å². The van der Waals surface area contributed by atoms with Gasteiger partial charge in [-0.15, -0.1) is 0 Å². The van der Waals surface area contributed by atoms with Crippen LogP contribution in [0.2, 0.25) is 5.02 Å². The number of hydrogen-bond acceptors (Lipinski definition) is 3. The molecule has 4 heterocycles. The summed E-state index contributed by atoms with van der Waals surface area (Å²) in [4.78, 5) is 16.7. The maximum absolute atomic E-state index is 13.7. The molecule has 0 aliphatic heterocycles. The molecule has 0 fully saturated rings. The molecule has 0 bridgehead atoms. The minimum atomic E-state index is -0.323. The number of nitrogens with one attached hydrogen (secondary N) is 1. The third kappa shape index (κ3) is 2.84. The second-order valence-electron chi connectivity index (χ2n) is 6.24. The number of hydrogen-bond donors (Lipinski definition) is 1. The van der Waals surface area contributed by atoms with Crippen LogP contribution in [0.3, 0.4) is 0 Å². The fraction of sp³-hybridized carbons (Fsp3) is 0.0500. The minimum absolute atomic E-state index is 0.323. The summed E-state index contributed by atoms with van der Waals surface area (Å²) >= 11 is 6.02. The van der Waals surface area contributed by atoms with E-state index < -0.39 is 0 Å². The highest BCUT2D eigenvalue weighted by Gasteiger charge is 2.17. The summed E-state index contributed by atoms with van der Waals surface area (Å²) in [7, 11) is 0. The smallest absolute Gasteiger partial charge is 0.140 e. The Morgan fingerprint density at radius 1 is 1.07 bits per heavy atom. The van der Waals surface area contributed by atoms with Gasteiger partial charge >= 0.3 is 0 Å². The predicted molar refractivity (Wildman–Crippen MR) is 102 cm³/mol. The first-order valence-electron chi connectivity index (χ1n) is 8.38. The Bertz CT molecular complexity index is 1240. The molecule has 4 aromatic heterocycles.